The van der Waals surface area contributed by atoms with Gasteiger partial charge >= 0.3 is 6.36 Å². The van der Waals surface area contributed by atoms with Crippen LogP contribution in [-0.2, 0) is 11.3 Å². The molecule has 3 rings (SSSR count). The highest BCUT2D eigenvalue weighted by molar-refractivity contribution is 7.99. The van der Waals surface area contributed by atoms with Crippen LogP contribution in [0.3, 0.4) is 0 Å². The highest BCUT2D eigenvalue weighted by Crippen LogP contribution is 2.26. The Bertz CT molecular complexity index is 911. The van der Waals surface area contributed by atoms with E-state index in [4.69, 9.17) is 0 Å². The summed E-state index contributed by atoms with van der Waals surface area (Å²) in [5.41, 5.74) is 1.16. The maximum Gasteiger partial charge on any atom is 0.573 e. The summed E-state index contributed by atoms with van der Waals surface area (Å²) in [5, 5.41) is 3.25. The summed E-state index contributed by atoms with van der Waals surface area (Å²) in [6.45, 7) is -0.0615. The summed E-state index contributed by atoms with van der Waals surface area (Å²) in [7, 11) is 0. The summed E-state index contributed by atoms with van der Waals surface area (Å²) >= 11 is 1.24. The molecule has 1 N–H and O–H groups in total. The lowest BCUT2D eigenvalue weighted by Gasteiger charge is -2.13. The molecule has 2 heterocycles. The molecule has 2 aromatic heterocycles. The van der Waals surface area contributed by atoms with Gasteiger partial charge in [0, 0.05) is 18.3 Å². The molecule has 9 heteroatoms. The van der Waals surface area contributed by atoms with Crippen LogP contribution in [0.15, 0.2) is 60.0 Å². The first-order chi connectivity index (χ1) is 12.4. The number of amides is 1. The monoisotopic (exact) mass is 381 g/mol. The smallest absolute Gasteiger partial charge is 0.405 e. The van der Waals surface area contributed by atoms with E-state index in [1.165, 1.54) is 30.0 Å². The van der Waals surface area contributed by atoms with Gasteiger partial charge in [-0.15, -0.1) is 13.2 Å². The van der Waals surface area contributed by atoms with E-state index in [1.54, 1.807) is 12.3 Å². The van der Waals surface area contributed by atoms with Crippen molar-refractivity contribution in [2.75, 3.05) is 5.75 Å². The molecular formula is C17H14F3N3O2S. The fourth-order valence-corrected chi connectivity index (χ4v) is 3.07. The number of pyridine rings is 1. The minimum absolute atomic E-state index is 0.0615. The molecule has 1 amide bonds. The minimum atomic E-state index is -4.78. The largest absolute Gasteiger partial charge is 0.573 e. The van der Waals surface area contributed by atoms with Crippen molar-refractivity contribution in [3.8, 4) is 5.75 Å². The van der Waals surface area contributed by atoms with Crippen LogP contribution in [0.1, 0.15) is 5.56 Å². The molecule has 136 valence electrons. The Labute approximate surface area is 151 Å². The van der Waals surface area contributed by atoms with Gasteiger partial charge < -0.3 is 10.1 Å². The van der Waals surface area contributed by atoms with Gasteiger partial charge in [-0.2, -0.15) is 0 Å². The summed E-state index contributed by atoms with van der Waals surface area (Å²) in [4.78, 5) is 16.3. The molecule has 3 aromatic rings. The Kier molecular flexibility index (Phi) is 5.36. The highest BCUT2D eigenvalue weighted by atomic mass is 32.2. The van der Waals surface area contributed by atoms with Crippen molar-refractivity contribution in [2.45, 2.75) is 18.1 Å². The van der Waals surface area contributed by atoms with Crippen molar-refractivity contribution in [1.82, 2.24) is 14.7 Å². The quantitative estimate of drug-likeness (QED) is 0.663. The summed E-state index contributed by atoms with van der Waals surface area (Å²) < 4.78 is 43.0. The van der Waals surface area contributed by atoms with Gasteiger partial charge in [0.25, 0.3) is 0 Å². The number of thioether (sulfide) groups is 1. The molecule has 5 nitrogen and oxygen atoms in total. The molecule has 0 aliphatic heterocycles. The maximum atomic E-state index is 12.4. The van der Waals surface area contributed by atoms with Crippen LogP contribution < -0.4 is 10.1 Å². The lowest BCUT2D eigenvalue weighted by atomic mass is 10.2. The third-order valence-electron chi connectivity index (χ3n) is 3.41. The second-order valence-electron chi connectivity index (χ2n) is 5.26. The zero-order chi connectivity index (χ0) is 18.6. The number of carbonyl (C=O) groups is 1. The number of carbonyl (C=O) groups excluding carboxylic acids is 1. The first-order valence-electron chi connectivity index (χ1n) is 7.57. The number of nitrogens with one attached hydrogen (secondary N) is 1. The van der Waals surface area contributed by atoms with Gasteiger partial charge in [-0.3, -0.25) is 9.20 Å². The fourth-order valence-electron chi connectivity index (χ4n) is 2.28. The molecule has 0 radical (unpaired) electrons. The summed E-state index contributed by atoms with van der Waals surface area (Å²) in [6.07, 6.45) is -1.24. The molecular weight excluding hydrogens is 367 g/mol. The Morgan fingerprint density at radius 2 is 1.96 bits per heavy atom. The van der Waals surface area contributed by atoms with Crippen molar-refractivity contribution in [3.63, 3.8) is 0 Å². The molecule has 26 heavy (non-hydrogen) atoms. The van der Waals surface area contributed by atoms with Gasteiger partial charge in [0.1, 0.15) is 5.75 Å². The molecule has 1 aromatic carbocycles. The van der Waals surface area contributed by atoms with Crippen LogP contribution in [0.5, 0.6) is 5.75 Å². The van der Waals surface area contributed by atoms with Crippen molar-refractivity contribution in [2.24, 2.45) is 0 Å². The summed E-state index contributed by atoms with van der Waals surface area (Å²) in [6, 6.07) is 11.3. The van der Waals surface area contributed by atoms with Crippen LogP contribution in [0, 0.1) is 0 Å². The fraction of sp³-hybridized carbons (Fsp3) is 0.176. The number of ether oxygens (including phenoxy) is 1. The lowest BCUT2D eigenvalue weighted by molar-refractivity contribution is -0.274. The number of nitrogens with zero attached hydrogens (tertiary/aromatic N) is 2. The third-order valence-corrected chi connectivity index (χ3v) is 4.38. The Morgan fingerprint density at radius 1 is 1.19 bits per heavy atom. The molecule has 0 saturated carbocycles. The van der Waals surface area contributed by atoms with E-state index in [2.05, 4.69) is 15.0 Å². The Morgan fingerprint density at radius 3 is 2.77 bits per heavy atom. The standard InChI is InChI=1S/C17H14F3N3O2S/c18-17(19,20)25-14-7-2-1-5-12(14)9-21-15(24)11-26-16-22-10-13-6-3-4-8-23(13)16/h1-8,10H,9,11H2,(H,21,24). The molecule has 0 spiro atoms. The average Bonchev–Trinajstić information content (AvgIpc) is 3.01. The van der Waals surface area contributed by atoms with E-state index in [1.807, 2.05) is 28.8 Å². The maximum absolute atomic E-state index is 12.4. The zero-order valence-corrected chi connectivity index (χ0v) is 14.2. The number of halogens is 3. The molecule has 0 atom stereocenters. The topological polar surface area (TPSA) is 55.6 Å². The zero-order valence-electron chi connectivity index (χ0n) is 13.4. The number of fused-ring (bicyclic) bond motifs is 1. The van der Waals surface area contributed by atoms with Gasteiger partial charge in [-0.25, -0.2) is 4.98 Å². The average molecular weight is 381 g/mol. The van der Waals surface area contributed by atoms with Crippen molar-refractivity contribution < 1.29 is 22.7 Å². The van der Waals surface area contributed by atoms with Crippen LogP contribution >= 0.6 is 11.8 Å². The van der Waals surface area contributed by atoms with E-state index in [9.17, 15) is 18.0 Å². The van der Waals surface area contributed by atoms with E-state index < -0.39 is 6.36 Å². The number of aromatic nitrogens is 2. The Hall–Kier alpha value is -2.68. The first kappa shape index (κ1) is 18.1. The van der Waals surface area contributed by atoms with E-state index in [0.29, 0.717) is 5.16 Å². The lowest BCUT2D eigenvalue weighted by Crippen LogP contribution is -2.26. The molecule has 0 aliphatic rings. The molecule has 0 aliphatic carbocycles. The molecule has 0 unspecified atom stereocenters. The van der Waals surface area contributed by atoms with Gasteiger partial charge in [0.05, 0.1) is 17.5 Å². The van der Waals surface area contributed by atoms with Crippen LogP contribution in [0.4, 0.5) is 13.2 Å². The normalized spacial score (nSPS) is 11.5. The Balaban J connectivity index is 1.56. The number of imidazole rings is 1. The predicted molar refractivity (Wildman–Crippen MR) is 90.9 cm³/mol. The SMILES string of the molecule is O=C(CSc1ncc2ccccn12)NCc1ccccc1OC(F)(F)F. The number of alkyl halides is 3. The molecule has 0 fully saturated rings. The van der Waals surface area contributed by atoms with Gasteiger partial charge in [-0.1, -0.05) is 36.0 Å². The highest BCUT2D eigenvalue weighted by Gasteiger charge is 2.31. The minimum Gasteiger partial charge on any atom is -0.405 e. The van der Waals surface area contributed by atoms with Crippen molar-refractivity contribution >= 4 is 23.2 Å². The third kappa shape index (κ3) is 4.69. The second kappa shape index (κ2) is 7.69. The van der Waals surface area contributed by atoms with Gasteiger partial charge in [0.15, 0.2) is 5.16 Å². The van der Waals surface area contributed by atoms with Crippen LogP contribution in [0.25, 0.3) is 5.52 Å². The van der Waals surface area contributed by atoms with E-state index >= 15 is 0 Å². The second-order valence-corrected chi connectivity index (χ2v) is 6.20. The molecule has 0 saturated heterocycles. The van der Waals surface area contributed by atoms with Gasteiger partial charge in [-0.05, 0) is 18.2 Å². The van der Waals surface area contributed by atoms with E-state index in [0.717, 1.165) is 5.52 Å². The van der Waals surface area contributed by atoms with Gasteiger partial charge in [0.2, 0.25) is 5.91 Å². The van der Waals surface area contributed by atoms with E-state index in [-0.39, 0.29) is 29.5 Å². The summed E-state index contributed by atoms with van der Waals surface area (Å²) in [5.74, 6) is -0.548. The van der Waals surface area contributed by atoms with Crippen LogP contribution in [-0.4, -0.2) is 27.4 Å². The first-order valence-corrected chi connectivity index (χ1v) is 8.56. The van der Waals surface area contributed by atoms with Crippen molar-refractivity contribution in [1.29, 1.82) is 0 Å². The molecule has 0 bridgehead atoms. The number of hydrogen-bond donors (Lipinski definition) is 1. The number of para-hydroxylation sites is 1. The number of benzene rings is 1. The van der Waals surface area contributed by atoms with Crippen LogP contribution in [0.2, 0.25) is 0 Å². The number of rotatable bonds is 6. The predicted octanol–water partition coefficient (Wildman–Crippen LogP) is 3.64. The number of hydrogen-bond acceptors (Lipinski definition) is 4. The van der Waals surface area contributed by atoms with Crippen molar-refractivity contribution in [3.05, 3.63) is 60.4 Å².